The third kappa shape index (κ3) is 4.20. The zero-order valence-electron chi connectivity index (χ0n) is 20.3. The Balaban J connectivity index is 1.40. The summed E-state index contributed by atoms with van der Waals surface area (Å²) in [6.45, 7) is 3.82. The normalized spacial score (nSPS) is 20.2. The number of hydrogen-bond donors (Lipinski definition) is 1. The van der Waals surface area contributed by atoms with E-state index in [-0.39, 0.29) is 23.9 Å². The number of carbonyl (C=O) groups is 2. The van der Waals surface area contributed by atoms with Crippen LogP contribution in [-0.2, 0) is 4.79 Å². The Morgan fingerprint density at radius 1 is 1.26 bits per heavy atom. The highest BCUT2D eigenvalue weighted by molar-refractivity contribution is 6.08. The van der Waals surface area contributed by atoms with Gasteiger partial charge < -0.3 is 15.0 Å². The van der Waals surface area contributed by atoms with E-state index >= 15 is 0 Å². The van der Waals surface area contributed by atoms with Crippen molar-refractivity contribution in [3.63, 3.8) is 0 Å². The summed E-state index contributed by atoms with van der Waals surface area (Å²) in [5.41, 5.74) is 1.82. The van der Waals surface area contributed by atoms with Crippen molar-refractivity contribution >= 4 is 34.2 Å². The largest absolute Gasteiger partial charge is 0.496 e. The molecular weight excluding hydrogens is 446 g/mol. The molecular formula is C25H29N7O3. The summed E-state index contributed by atoms with van der Waals surface area (Å²) < 4.78 is 9.11. The quantitative estimate of drug-likeness (QED) is 0.473. The average molecular weight is 476 g/mol. The van der Waals surface area contributed by atoms with Gasteiger partial charge in [-0.15, -0.1) is 0 Å². The maximum Gasteiger partial charge on any atom is 0.260 e. The third-order valence-corrected chi connectivity index (χ3v) is 7.09. The third-order valence-electron chi connectivity index (χ3n) is 7.09. The Hall–Kier alpha value is -3.95. The summed E-state index contributed by atoms with van der Waals surface area (Å²) in [4.78, 5) is 31.1. The second-order valence-corrected chi connectivity index (χ2v) is 9.25. The van der Waals surface area contributed by atoms with E-state index in [1.54, 1.807) is 43.1 Å². The number of fused-ring (bicyclic) bond motifs is 2. The molecule has 2 amide bonds. The summed E-state index contributed by atoms with van der Waals surface area (Å²) in [5.74, 6) is 1.07. The molecule has 10 nitrogen and oxygen atoms in total. The van der Waals surface area contributed by atoms with Gasteiger partial charge in [0.25, 0.3) is 5.91 Å². The zero-order valence-corrected chi connectivity index (χ0v) is 20.3. The molecule has 1 aliphatic carbocycles. The summed E-state index contributed by atoms with van der Waals surface area (Å²) in [6.07, 6.45) is 8.01. The smallest absolute Gasteiger partial charge is 0.260 e. The molecule has 3 heterocycles. The monoisotopic (exact) mass is 475 g/mol. The van der Waals surface area contributed by atoms with Crippen molar-refractivity contribution in [2.75, 3.05) is 19.5 Å². The minimum absolute atomic E-state index is 0.100. The number of imidazole rings is 1. The van der Waals surface area contributed by atoms with E-state index in [0.29, 0.717) is 28.7 Å². The molecule has 0 spiro atoms. The second kappa shape index (κ2) is 9.01. The van der Waals surface area contributed by atoms with Gasteiger partial charge >= 0.3 is 0 Å². The van der Waals surface area contributed by atoms with Gasteiger partial charge in [-0.05, 0) is 43.4 Å². The number of hydrogen-bond acceptors (Lipinski definition) is 6. The SMILES string of the molecule is COc1cc2nn([C@H]3CC[C@@H](N(C)C(C)=O)C[C@@H]3C)cc2cc1C(=O)Nc1cnc2cccnn12. The number of rotatable bonds is 5. The molecule has 1 N–H and O–H groups in total. The van der Waals surface area contributed by atoms with Crippen molar-refractivity contribution in [1.82, 2.24) is 29.3 Å². The standard InChI is InChI=1S/C25H29N7O3/c1-15-10-18(30(3)16(2)33)7-8-21(15)31-14-17-11-19(22(35-4)12-20(17)29-31)25(34)28-24-13-26-23-6-5-9-27-32(23)24/h5-6,9,11-15,18,21H,7-8,10H2,1-4H3,(H,28,34)/t15-,18+,21-/m0/s1. The summed E-state index contributed by atoms with van der Waals surface area (Å²) >= 11 is 0. The first-order valence-corrected chi connectivity index (χ1v) is 11.8. The molecule has 0 radical (unpaired) electrons. The lowest BCUT2D eigenvalue weighted by Crippen LogP contribution is -2.41. The highest BCUT2D eigenvalue weighted by Gasteiger charge is 2.32. The summed E-state index contributed by atoms with van der Waals surface area (Å²) in [5, 5.41) is 12.8. The molecule has 5 rings (SSSR count). The second-order valence-electron chi connectivity index (χ2n) is 9.25. The molecule has 3 atom stereocenters. The minimum Gasteiger partial charge on any atom is -0.496 e. The van der Waals surface area contributed by atoms with E-state index in [4.69, 9.17) is 9.84 Å². The van der Waals surface area contributed by atoms with Gasteiger partial charge in [-0.2, -0.15) is 14.7 Å². The maximum atomic E-state index is 13.2. The summed E-state index contributed by atoms with van der Waals surface area (Å²) in [6, 6.07) is 7.70. The molecule has 0 unspecified atom stereocenters. The highest BCUT2D eigenvalue weighted by Crippen LogP contribution is 2.36. The Kier molecular flexibility index (Phi) is 5.88. The summed E-state index contributed by atoms with van der Waals surface area (Å²) in [7, 11) is 3.42. The first kappa shape index (κ1) is 22.8. The van der Waals surface area contributed by atoms with Gasteiger partial charge in [0.05, 0.1) is 30.4 Å². The van der Waals surface area contributed by atoms with Crippen LogP contribution < -0.4 is 10.1 Å². The van der Waals surface area contributed by atoms with Gasteiger partial charge in [0.15, 0.2) is 11.5 Å². The van der Waals surface area contributed by atoms with Gasteiger partial charge in [-0.25, -0.2) is 4.98 Å². The van der Waals surface area contributed by atoms with Crippen LogP contribution in [0.2, 0.25) is 0 Å². The number of nitrogens with zero attached hydrogens (tertiary/aromatic N) is 6. The molecule has 4 aromatic rings. The van der Waals surface area contributed by atoms with E-state index in [1.807, 2.05) is 35.0 Å². The number of aromatic nitrogens is 5. The maximum absolute atomic E-state index is 13.2. The molecule has 0 saturated heterocycles. The lowest BCUT2D eigenvalue weighted by Gasteiger charge is -2.38. The van der Waals surface area contributed by atoms with Crippen LogP contribution in [-0.4, -0.2) is 61.3 Å². The van der Waals surface area contributed by atoms with Gasteiger partial charge in [-0.1, -0.05) is 6.92 Å². The van der Waals surface area contributed by atoms with Crippen LogP contribution in [0.3, 0.4) is 0 Å². The van der Waals surface area contributed by atoms with Crippen molar-refractivity contribution in [3.8, 4) is 5.75 Å². The molecule has 182 valence electrons. The van der Waals surface area contributed by atoms with Crippen LogP contribution in [0.1, 0.15) is 49.5 Å². The van der Waals surface area contributed by atoms with Crippen molar-refractivity contribution in [3.05, 3.63) is 48.4 Å². The highest BCUT2D eigenvalue weighted by atomic mass is 16.5. The Morgan fingerprint density at radius 2 is 2.09 bits per heavy atom. The van der Waals surface area contributed by atoms with Crippen LogP contribution in [0.15, 0.2) is 42.9 Å². The number of ether oxygens (including phenoxy) is 1. The predicted molar refractivity (Wildman–Crippen MR) is 132 cm³/mol. The minimum atomic E-state index is -0.315. The first-order chi connectivity index (χ1) is 16.9. The number of methoxy groups -OCH3 is 1. The molecule has 10 heteroatoms. The number of carbonyl (C=O) groups excluding carboxylic acids is 2. The fourth-order valence-corrected chi connectivity index (χ4v) is 5.04. The van der Waals surface area contributed by atoms with E-state index in [2.05, 4.69) is 22.3 Å². The number of benzene rings is 1. The Labute approximate surface area is 202 Å². The van der Waals surface area contributed by atoms with E-state index in [9.17, 15) is 9.59 Å². The molecule has 0 bridgehead atoms. The van der Waals surface area contributed by atoms with Crippen molar-refractivity contribution < 1.29 is 14.3 Å². The topological polar surface area (TPSA) is 107 Å². The number of anilines is 1. The number of nitrogens with one attached hydrogen (secondary N) is 1. The molecule has 1 saturated carbocycles. The molecule has 35 heavy (non-hydrogen) atoms. The van der Waals surface area contributed by atoms with Gasteiger partial charge in [0.1, 0.15) is 5.75 Å². The fraction of sp³-hybridized carbons (Fsp3) is 0.400. The van der Waals surface area contributed by atoms with Crippen LogP contribution in [0, 0.1) is 5.92 Å². The lowest BCUT2D eigenvalue weighted by atomic mass is 9.82. The molecule has 1 aliphatic rings. The van der Waals surface area contributed by atoms with E-state index in [0.717, 1.165) is 30.2 Å². The fourth-order valence-electron chi connectivity index (χ4n) is 5.04. The first-order valence-electron chi connectivity index (χ1n) is 11.8. The van der Waals surface area contributed by atoms with Gasteiger partial charge in [-0.3, -0.25) is 14.3 Å². The number of amides is 2. The van der Waals surface area contributed by atoms with Gasteiger partial charge in [0, 0.05) is 43.9 Å². The predicted octanol–water partition coefficient (Wildman–Crippen LogP) is 3.55. The van der Waals surface area contributed by atoms with Crippen molar-refractivity contribution in [1.29, 1.82) is 0 Å². The van der Waals surface area contributed by atoms with Crippen molar-refractivity contribution in [2.24, 2.45) is 5.92 Å². The zero-order chi connectivity index (χ0) is 24.7. The molecule has 1 fully saturated rings. The Morgan fingerprint density at radius 3 is 2.83 bits per heavy atom. The van der Waals surface area contributed by atoms with Crippen molar-refractivity contribution in [2.45, 2.75) is 45.2 Å². The van der Waals surface area contributed by atoms with Gasteiger partial charge in [0.2, 0.25) is 5.91 Å². The van der Waals surface area contributed by atoms with Crippen LogP contribution >= 0.6 is 0 Å². The van der Waals surface area contributed by atoms with Crippen LogP contribution in [0.5, 0.6) is 5.75 Å². The van der Waals surface area contributed by atoms with Crippen LogP contribution in [0.25, 0.3) is 16.6 Å². The average Bonchev–Trinajstić information content (AvgIpc) is 3.46. The molecule has 0 aliphatic heterocycles. The van der Waals surface area contributed by atoms with E-state index < -0.39 is 0 Å². The Bertz CT molecular complexity index is 1410. The molecule has 3 aromatic heterocycles. The van der Waals surface area contributed by atoms with Crippen LogP contribution in [0.4, 0.5) is 5.82 Å². The molecule has 1 aromatic carbocycles. The lowest BCUT2D eigenvalue weighted by molar-refractivity contribution is -0.130. The van der Waals surface area contributed by atoms with E-state index in [1.165, 1.54) is 0 Å².